The van der Waals surface area contributed by atoms with Crippen LogP contribution in [0.3, 0.4) is 0 Å². The number of piperazine rings is 1. The van der Waals surface area contributed by atoms with Crippen LogP contribution < -0.4 is 15.1 Å². The van der Waals surface area contributed by atoms with Crippen LogP contribution in [0.25, 0.3) is 10.8 Å². The summed E-state index contributed by atoms with van der Waals surface area (Å²) in [6.45, 7) is 3.26. The molecule has 1 saturated carbocycles. The molecule has 2 heterocycles. The lowest BCUT2D eigenvalue weighted by Crippen LogP contribution is -2.47. The van der Waals surface area contributed by atoms with Crippen LogP contribution in [0, 0.1) is 0 Å². The zero-order valence-electron chi connectivity index (χ0n) is 17.7. The number of benzene rings is 2. The van der Waals surface area contributed by atoms with Gasteiger partial charge in [0.2, 0.25) is 0 Å². The van der Waals surface area contributed by atoms with E-state index in [0.717, 1.165) is 61.3 Å². The molecule has 2 aliphatic rings. The first-order chi connectivity index (χ1) is 15.6. The molecule has 8 heteroatoms. The van der Waals surface area contributed by atoms with Gasteiger partial charge in [0.1, 0.15) is 0 Å². The van der Waals surface area contributed by atoms with Crippen LogP contribution in [0.2, 0.25) is 10.0 Å². The number of anilines is 2. The number of hydrogen-bond donors (Lipinski definition) is 1. The maximum Gasteiger partial charge on any atom is 0.272 e. The fourth-order valence-electron chi connectivity index (χ4n) is 4.67. The second-order valence-electron chi connectivity index (χ2n) is 8.45. The first-order valence-electron chi connectivity index (χ1n) is 11.1. The van der Waals surface area contributed by atoms with E-state index >= 15 is 0 Å². The number of nitrogens with one attached hydrogen (secondary N) is 1. The molecule has 1 aliphatic carbocycles. The molecule has 0 spiro atoms. The first kappa shape index (κ1) is 21.3. The van der Waals surface area contributed by atoms with Gasteiger partial charge < -0.3 is 15.1 Å². The number of carbonyl (C=O) groups excluding carboxylic acids is 1. The minimum atomic E-state index is -0.128. The van der Waals surface area contributed by atoms with E-state index in [1.807, 2.05) is 42.5 Å². The van der Waals surface area contributed by atoms with Crippen molar-refractivity contribution >= 4 is 51.4 Å². The minimum absolute atomic E-state index is 0.128. The highest BCUT2D eigenvalue weighted by Crippen LogP contribution is 2.30. The van der Waals surface area contributed by atoms with Crippen molar-refractivity contribution < 1.29 is 4.79 Å². The molecule has 0 atom stereocenters. The second kappa shape index (κ2) is 9.12. The van der Waals surface area contributed by atoms with Crippen molar-refractivity contribution in [2.45, 2.75) is 31.7 Å². The van der Waals surface area contributed by atoms with Crippen LogP contribution in [0.4, 0.5) is 11.5 Å². The van der Waals surface area contributed by atoms with Gasteiger partial charge in [-0.1, -0.05) is 60.3 Å². The van der Waals surface area contributed by atoms with Crippen molar-refractivity contribution in [3.8, 4) is 0 Å². The Kier molecular flexibility index (Phi) is 6.07. The van der Waals surface area contributed by atoms with E-state index < -0.39 is 0 Å². The summed E-state index contributed by atoms with van der Waals surface area (Å²) in [5, 5.41) is 15.0. The standard InChI is InChI=1S/C24H25Cl2N5O/c25-20-10-9-17(15-21(20)26)30-11-13-31(14-12-30)23-19-8-4-3-7-18(19)22(28-29-23)24(32)27-16-5-1-2-6-16/h3-4,7-10,15-16H,1-2,5-6,11-14H2,(H,27,32). The minimum Gasteiger partial charge on any atom is -0.368 e. The van der Waals surface area contributed by atoms with Crippen LogP contribution in [0.1, 0.15) is 36.2 Å². The fraction of sp³-hybridized carbons (Fsp3) is 0.375. The van der Waals surface area contributed by atoms with Gasteiger partial charge in [0.05, 0.1) is 10.0 Å². The summed E-state index contributed by atoms with van der Waals surface area (Å²) in [6.07, 6.45) is 4.42. The lowest BCUT2D eigenvalue weighted by atomic mass is 10.1. The lowest BCUT2D eigenvalue weighted by Gasteiger charge is -2.37. The molecule has 32 heavy (non-hydrogen) atoms. The Morgan fingerprint density at radius 3 is 2.28 bits per heavy atom. The monoisotopic (exact) mass is 469 g/mol. The second-order valence-corrected chi connectivity index (χ2v) is 9.26. The molecule has 6 nitrogen and oxygen atoms in total. The fourth-order valence-corrected chi connectivity index (χ4v) is 4.97. The van der Waals surface area contributed by atoms with E-state index in [1.54, 1.807) is 0 Å². The Morgan fingerprint density at radius 1 is 0.875 bits per heavy atom. The topological polar surface area (TPSA) is 61.4 Å². The predicted molar refractivity (Wildman–Crippen MR) is 130 cm³/mol. The summed E-state index contributed by atoms with van der Waals surface area (Å²) in [5.41, 5.74) is 1.47. The Hall–Kier alpha value is -2.57. The molecule has 2 fully saturated rings. The molecule has 1 N–H and O–H groups in total. The Labute approximate surface area is 197 Å². The Bertz CT molecular complexity index is 1140. The Morgan fingerprint density at radius 2 is 1.56 bits per heavy atom. The molecule has 0 bridgehead atoms. The van der Waals surface area contributed by atoms with Gasteiger partial charge >= 0.3 is 0 Å². The number of fused-ring (bicyclic) bond motifs is 1. The SMILES string of the molecule is O=C(NC1CCCC1)c1nnc(N2CCN(c3ccc(Cl)c(Cl)c3)CC2)c2ccccc12. The number of nitrogens with zero attached hydrogens (tertiary/aromatic N) is 4. The molecule has 1 saturated heterocycles. The number of rotatable bonds is 4. The lowest BCUT2D eigenvalue weighted by molar-refractivity contribution is 0.0933. The molecule has 5 rings (SSSR count). The summed E-state index contributed by atoms with van der Waals surface area (Å²) in [6, 6.07) is 13.9. The summed E-state index contributed by atoms with van der Waals surface area (Å²) in [4.78, 5) is 17.4. The van der Waals surface area contributed by atoms with Gasteiger partial charge in [-0.25, -0.2) is 0 Å². The normalized spacial score (nSPS) is 17.2. The van der Waals surface area contributed by atoms with Crippen LogP contribution in [-0.2, 0) is 0 Å². The highest BCUT2D eigenvalue weighted by molar-refractivity contribution is 6.42. The third kappa shape index (κ3) is 4.21. The van der Waals surface area contributed by atoms with Gasteiger partial charge in [0.25, 0.3) is 5.91 Å². The van der Waals surface area contributed by atoms with Crippen LogP contribution in [0.15, 0.2) is 42.5 Å². The number of halogens is 2. The van der Waals surface area contributed by atoms with E-state index in [-0.39, 0.29) is 11.9 Å². The van der Waals surface area contributed by atoms with E-state index in [4.69, 9.17) is 23.2 Å². The van der Waals surface area contributed by atoms with Gasteiger partial charge in [-0.2, -0.15) is 0 Å². The summed E-state index contributed by atoms with van der Waals surface area (Å²) >= 11 is 12.3. The number of amides is 1. The number of carbonyl (C=O) groups is 1. The molecule has 1 amide bonds. The summed E-state index contributed by atoms with van der Waals surface area (Å²) < 4.78 is 0. The van der Waals surface area contributed by atoms with Gasteiger partial charge in [-0.05, 0) is 31.0 Å². The Balaban J connectivity index is 1.36. The van der Waals surface area contributed by atoms with E-state index in [1.165, 1.54) is 12.8 Å². The van der Waals surface area contributed by atoms with Crippen molar-refractivity contribution in [3.05, 3.63) is 58.2 Å². The number of aromatic nitrogens is 2. The molecule has 166 valence electrons. The van der Waals surface area contributed by atoms with E-state index in [2.05, 4.69) is 25.3 Å². The van der Waals surface area contributed by atoms with Crippen molar-refractivity contribution in [1.82, 2.24) is 15.5 Å². The number of hydrogen-bond acceptors (Lipinski definition) is 5. The van der Waals surface area contributed by atoms with Crippen LogP contribution in [-0.4, -0.2) is 48.3 Å². The van der Waals surface area contributed by atoms with E-state index in [0.29, 0.717) is 15.7 Å². The molecule has 3 aromatic rings. The first-order valence-corrected chi connectivity index (χ1v) is 11.9. The zero-order chi connectivity index (χ0) is 22.1. The average molecular weight is 470 g/mol. The van der Waals surface area contributed by atoms with Gasteiger partial charge in [0.15, 0.2) is 11.5 Å². The highest BCUT2D eigenvalue weighted by Gasteiger charge is 2.24. The molecule has 1 aliphatic heterocycles. The van der Waals surface area contributed by atoms with Gasteiger partial charge in [-0.3, -0.25) is 4.79 Å². The highest BCUT2D eigenvalue weighted by atomic mass is 35.5. The van der Waals surface area contributed by atoms with Crippen molar-refractivity contribution in [1.29, 1.82) is 0 Å². The van der Waals surface area contributed by atoms with Crippen molar-refractivity contribution in [2.24, 2.45) is 0 Å². The third-order valence-electron chi connectivity index (χ3n) is 6.42. The van der Waals surface area contributed by atoms with Crippen molar-refractivity contribution in [3.63, 3.8) is 0 Å². The molecular weight excluding hydrogens is 445 g/mol. The largest absolute Gasteiger partial charge is 0.368 e. The van der Waals surface area contributed by atoms with E-state index in [9.17, 15) is 4.79 Å². The van der Waals surface area contributed by atoms with Crippen LogP contribution >= 0.6 is 23.2 Å². The van der Waals surface area contributed by atoms with Gasteiger partial charge in [0, 0.05) is 48.7 Å². The molecule has 1 aromatic heterocycles. The summed E-state index contributed by atoms with van der Waals surface area (Å²) in [5.74, 6) is 0.698. The summed E-state index contributed by atoms with van der Waals surface area (Å²) in [7, 11) is 0. The molecule has 2 aromatic carbocycles. The maximum absolute atomic E-state index is 12.9. The van der Waals surface area contributed by atoms with Gasteiger partial charge in [-0.15, -0.1) is 10.2 Å². The smallest absolute Gasteiger partial charge is 0.272 e. The molecule has 0 unspecified atom stereocenters. The third-order valence-corrected chi connectivity index (χ3v) is 7.16. The quantitative estimate of drug-likeness (QED) is 0.586. The predicted octanol–water partition coefficient (Wildman–Crippen LogP) is 4.94. The van der Waals surface area contributed by atoms with Crippen molar-refractivity contribution in [2.75, 3.05) is 36.0 Å². The maximum atomic E-state index is 12.9. The average Bonchev–Trinajstić information content (AvgIpc) is 3.33. The molecular formula is C24H25Cl2N5O. The molecule has 0 radical (unpaired) electrons. The van der Waals surface area contributed by atoms with Crippen LogP contribution in [0.5, 0.6) is 0 Å². The zero-order valence-corrected chi connectivity index (χ0v) is 19.2.